The minimum absolute atomic E-state index is 0.753. The molecule has 0 unspecified atom stereocenters. The molecule has 3 aromatic heterocycles. The lowest BCUT2D eigenvalue weighted by molar-refractivity contribution is 0.630. The van der Waals surface area contributed by atoms with E-state index in [1.165, 1.54) is 0 Å². The van der Waals surface area contributed by atoms with Gasteiger partial charge in [0.2, 0.25) is 0 Å². The zero-order valence-corrected chi connectivity index (χ0v) is 21.4. The molecule has 0 saturated heterocycles. The topological polar surface area (TPSA) is 52.1 Å². The van der Waals surface area contributed by atoms with E-state index in [0.29, 0.717) is 0 Å². The highest BCUT2D eigenvalue weighted by Gasteiger charge is 2.21. The van der Waals surface area contributed by atoms with Crippen molar-refractivity contribution in [3.05, 3.63) is 133 Å². The largest absolute Gasteiger partial charge is 0.456 e. The van der Waals surface area contributed by atoms with Crippen molar-refractivity contribution in [1.29, 1.82) is 0 Å². The minimum atomic E-state index is 0.753. The molecule has 4 heteroatoms. The Morgan fingerprint density at radius 2 is 0.800 bits per heavy atom. The van der Waals surface area contributed by atoms with Crippen molar-refractivity contribution in [2.45, 2.75) is 0 Å². The molecule has 40 heavy (non-hydrogen) atoms. The lowest BCUT2D eigenvalue weighted by Gasteiger charge is -2.14. The normalized spacial score (nSPS) is 11.5. The van der Waals surface area contributed by atoms with Crippen LogP contribution in [0.4, 0.5) is 0 Å². The Kier molecular flexibility index (Phi) is 5.10. The van der Waals surface area contributed by atoms with Gasteiger partial charge in [-0.1, -0.05) is 97.1 Å². The van der Waals surface area contributed by atoms with Gasteiger partial charge in [-0.3, -0.25) is 0 Å². The van der Waals surface area contributed by atoms with Crippen LogP contribution >= 0.6 is 0 Å². The van der Waals surface area contributed by atoms with E-state index in [1.807, 2.05) is 72.8 Å². The summed E-state index contributed by atoms with van der Waals surface area (Å²) in [5, 5.41) is 2.09. The molecule has 188 valence electrons. The van der Waals surface area contributed by atoms with Crippen LogP contribution in [0.1, 0.15) is 0 Å². The summed E-state index contributed by atoms with van der Waals surface area (Å²) in [7, 11) is 0. The highest BCUT2D eigenvalue weighted by atomic mass is 16.3. The average molecular weight is 515 g/mol. The third kappa shape index (κ3) is 3.69. The second-order valence-electron chi connectivity index (χ2n) is 9.81. The molecule has 8 aromatic rings. The maximum Gasteiger partial charge on any atom is 0.137 e. The van der Waals surface area contributed by atoms with Gasteiger partial charge in [0.15, 0.2) is 0 Å². The van der Waals surface area contributed by atoms with Gasteiger partial charge < -0.3 is 8.83 Å². The molecule has 0 N–H and O–H groups in total. The molecular weight excluding hydrogens is 492 g/mol. The Balaban J connectivity index is 1.47. The average Bonchev–Trinajstić information content (AvgIpc) is 3.65. The summed E-state index contributed by atoms with van der Waals surface area (Å²) in [5.74, 6) is 1.51. The van der Waals surface area contributed by atoms with Crippen LogP contribution < -0.4 is 0 Å². The molecule has 4 nitrogen and oxygen atoms in total. The molecular formula is C36H22N2O2. The van der Waals surface area contributed by atoms with Crippen molar-refractivity contribution in [3.63, 3.8) is 0 Å². The number of benzene rings is 5. The molecule has 0 aliphatic rings. The second-order valence-corrected chi connectivity index (χ2v) is 9.81. The van der Waals surface area contributed by atoms with Crippen LogP contribution in [0, 0.1) is 0 Å². The fourth-order valence-electron chi connectivity index (χ4n) is 5.36. The lowest BCUT2D eigenvalue weighted by Crippen LogP contribution is -1.98. The lowest BCUT2D eigenvalue weighted by atomic mass is 10.00. The fraction of sp³-hybridized carbons (Fsp3) is 0. The third-order valence-electron chi connectivity index (χ3n) is 7.30. The van der Waals surface area contributed by atoms with Crippen LogP contribution in [0.15, 0.2) is 142 Å². The molecule has 0 radical (unpaired) electrons. The number of rotatable bonds is 4. The fourth-order valence-corrected chi connectivity index (χ4v) is 5.36. The Hall–Kier alpha value is -5.48. The van der Waals surface area contributed by atoms with Crippen molar-refractivity contribution < 1.29 is 8.83 Å². The van der Waals surface area contributed by atoms with Crippen LogP contribution in [-0.2, 0) is 0 Å². The van der Waals surface area contributed by atoms with Gasteiger partial charge in [-0.15, -0.1) is 0 Å². The van der Waals surface area contributed by atoms with Gasteiger partial charge in [0, 0.05) is 33.0 Å². The predicted octanol–water partition coefficient (Wildman–Crippen LogP) is 9.79. The number of hydrogen-bond donors (Lipinski definition) is 0. The quantitative estimate of drug-likeness (QED) is 0.234. The van der Waals surface area contributed by atoms with Crippen LogP contribution in [0.2, 0.25) is 0 Å². The van der Waals surface area contributed by atoms with Crippen LogP contribution in [-0.4, -0.2) is 9.97 Å². The maximum absolute atomic E-state index is 6.33. The van der Waals surface area contributed by atoms with Gasteiger partial charge in [-0.2, -0.15) is 0 Å². The molecule has 8 rings (SSSR count). The van der Waals surface area contributed by atoms with E-state index in [1.54, 1.807) is 0 Å². The molecule has 0 aliphatic carbocycles. The summed E-state index contributed by atoms with van der Waals surface area (Å²) in [6.45, 7) is 0. The molecule has 0 fully saturated rings. The second kappa shape index (κ2) is 9.07. The van der Waals surface area contributed by atoms with Gasteiger partial charge in [0.1, 0.15) is 33.7 Å². The Morgan fingerprint density at radius 3 is 1.23 bits per heavy atom. The number of nitrogens with zero attached hydrogens (tertiary/aromatic N) is 2. The molecule has 3 heterocycles. The van der Waals surface area contributed by atoms with Crippen molar-refractivity contribution >= 4 is 33.0 Å². The summed E-state index contributed by atoms with van der Waals surface area (Å²) in [6.07, 6.45) is 0. The SMILES string of the molecule is c1ccc(-c2nc3c(-c4cc5ccccc5o4)ccc(-c4cc5ccccc5o4)c3nc2-c2ccccc2)cc1. The van der Waals surface area contributed by atoms with E-state index in [9.17, 15) is 0 Å². The zero-order chi connectivity index (χ0) is 26.5. The number of furan rings is 2. The molecule has 0 aliphatic heterocycles. The van der Waals surface area contributed by atoms with Crippen molar-refractivity contribution in [1.82, 2.24) is 9.97 Å². The van der Waals surface area contributed by atoms with E-state index in [-0.39, 0.29) is 0 Å². The van der Waals surface area contributed by atoms with Crippen LogP contribution in [0.5, 0.6) is 0 Å². The van der Waals surface area contributed by atoms with Crippen molar-refractivity contribution in [2.24, 2.45) is 0 Å². The first-order valence-electron chi connectivity index (χ1n) is 13.3. The van der Waals surface area contributed by atoms with Gasteiger partial charge in [-0.25, -0.2) is 9.97 Å². The van der Waals surface area contributed by atoms with E-state index in [0.717, 1.165) is 78.1 Å². The van der Waals surface area contributed by atoms with E-state index in [4.69, 9.17) is 18.8 Å². The summed E-state index contributed by atoms with van der Waals surface area (Å²) in [4.78, 5) is 10.7. The summed E-state index contributed by atoms with van der Waals surface area (Å²) in [6, 6.07) is 44.8. The number of aromatic nitrogens is 2. The van der Waals surface area contributed by atoms with Gasteiger partial charge >= 0.3 is 0 Å². The Morgan fingerprint density at radius 1 is 0.400 bits per heavy atom. The van der Waals surface area contributed by atoms with Gasteiger partial charge in [0.05, 0.1) is 11.4 Å². The van der Waals surface area contributed by atoms with E-state index < -0.39 is 0 Å². The highest BCUT2D eigenvalue weighted by Crippen LogP contribution is 2.40. The summed E-state index contributed by atoms with van der Waals surface area (Å²) < 4.78 is 12.7. The number of para-hydroxylation sites is 2. The Labute approximate surface area is 230 Å². The monoisotopic (exact) mass is 514 g/mol. The first-order chi connectivity index (χ1) is 19.8. The predicted molar refractivity (Wildman–Crippen MR) is 161 cm³/mol. The Bertz CT molecular complexity index is 1940. The number of hydrogen-bond acceptors (Lipinski definition) is 4. The minimum Gasteiger partial charge on any atom is -0.456 e. The first-order valence-corrected chi connectivity index (χ1v) is 13.3. The van der Waals surface area contributed by atoms with E-state index in [2.05, 4.69) is 60.7 Å². The van der Waals surface area contributed by atoms with Gasteiger partial charge in [0.25, 0.3) is 0 Å². The standard InChI is InChI=1S/C36H22N2O2/c1-3-11-23(12-4-1)33-34(24-13-5-2-6-14-24)38-36-28(32-22-26-16-8-10-18-30(26)40-32)20-19-27(35(36)37-33)31-21-25-15-7-9-17-29(25)39-31/h1-22H. The smallest absolute Gasteiger partial charge is 0.137 e. The highest BCUT2D eigenvalue weighted by molar-refractivity contribution is 6.03. The summed E-state index contributed by atoms with van der Waals surface area (Å²) >= 11 is 0. The number of fused-ring (bicyclic) bond motifs is 3. The molecule has 0 spiro atoms. The molecule has 0 saturated carbocycles. The van der Waals surface area contributed by atoms with E-state index >= 15 is 0 Å². The first kappa shape index (κ1) is 22.5. The van der Waals surface area contributed by atoms with Crippen molar-refractivity contribution in [3.8, 4) is 45.2 Å². The van der Waals surface area contributed by atoms with Crippen LogP contribution in [0.25, 0.3) is 78.1 Å². The molecule has 0 amide bonds. The third-order valence-corrected chi connectivity index (χ3v) is 7.30. The van der Waals surface area contributed by atoms with Crippen molar-refractivity contribution in [2.75, 3.05) is 0 Å². The summed E-state index contributed by atoms with van der Waals surface area (Å²) in [5.41, 5.74) is 8.60. The maximum atomic E-state index is 6.33. The molecule has 5 aromatic carbocycles. The zero-order valence-electron chi connectivity index (χ0n) is 21.4. The van der Waals surface area contributed by atoms with Crippen LogP contribution in [0.3, 0.4) is 0 Å². The molecule has 0 bridgehead atoms. The molecule has 0 atom stereocenters. The van der Waals surface area contributed by atoms with Gasteiger partial charge in [-0.05, 0) is 36.4 Å².